The molecule has 0 bridgehead atoms. The van der Waals surface area contributed by atoms with Crippen LogP contribution in [0.1, 0.15) is 53.4 Å². The molecule has 0 aliphatic carbocycles. The van der Waals surface area contributed by atoms with E-state index < -0.39 is 5.97 Å². The van der Waals surface area contributed by atoms with Gasteiger partial charge < -0.3 is 15.3 Å². The first-order chi connectivity index (χ1) is 10.4. The lowest BCUT2D eigenvalue weighted by molar-refractivity contribution is -0.132. The maximum absolute atomic E-state index is 12.7. The zero-order valence-electron chi connectivity index (χ0n) is 14.5. The Balaban J connectivity index is 5.46. The van der Waals surface area contributed by atoms with Crippen LogP contribution in [-0.4, -0.2) is 41.5 Å². The highest BCUT2D eigenvalue weighted by Gasteiger charge is 2.22. The fraction of sp³-hybridized carbons (Fsp3) is 0.647. The Morgan fingerprint density at radius 1 is 1.23 bits per heavy atom. The summed E-state index contributed by atoms with van der Waals surface area (Å²) >= 11 is 0. The summed E-state index contributed by atoms with van der Waals surface area (Å²) in [5, 5.41) is 12.1. The number of carboxylic acids is 1. The highest BCUT2D eigenvalue weighted by molar-refractivity contribution is 5.97. The summed E-state index contributed by atoms with van der Waals surface area (Å²) in [7, 11) is 1.64. The number of aliphatic carboxylic acids is 1. The summed E-state index contributed by atoms with van der Waals surface area (Å²) in [6, 6.07) is 0.122. The van der Waals surface area contributed by atoms with Gasteiger partial charge in [-0.25, -0.2) is 4.79 Å². The lowest BCUT2D eigenvalue weighted by atomic mass is 10.1. The molecule has 126 valence electrons. The molecular weight excluding hydrogens is 280 g/mol. The predicted octanol–water partition coefficient (Wildman–Crippen LogP) is 2.94. The Kier molecular flexibility index (Phi) is 10.00. The van der Waals surface area contributed by atoms with Crippen LogP contribution in [0.4, 0.5) is 0 Å². The van der Waals surface area contributed by atoms with Gasteiger partial charge in [-0.05, 0) is 32.3 Å². The van der Waals surface area contributed by atoms with Gasteiger partial charge in [0.25, 0.3) is 5.91 Å². The molecule has 0 fully saturated rings. The molecule has 0 spiro atoms. The molecule has 0 saturated carbocycles. The highest BCUT2D eigenvalue weighted by atomic mass is 16.4. The number of carbonyl (C=O) groups excluding carboxylic acids is 1. The summed E-state index contributed by atoms with van der Waals surface area (Å²) in [4.78, 5) is 25.8. The normalized spacial score (nSPS) is 13.7. The molecule has 1 unspecified atom stereocenters. The third kappa shape index (κ3) is 6.33. The van der Waals surface area contributed by atoms with Crippen LogP contribution in [0.5, 0.6) is 0 Å². The van der Waals surface area contributed by atoms with Crippen LogP contribution in [0.2, 0.25) is 0 Å². The number of hydrogen-bond acceptors (Lipinski definition) is 3. The summed E-state index contributed by atoms with van der Waals surface area (Å²) in [6.07, 6.45) is 6.35. The minimum atomic E-state index is -1.01. The van der Waals surface area contributed by atoms with Gasteiger partial charge in [0.2, 0.25) is 0 Å². The van der Waals surface area contributed by atoms with E-state index in [2.05, 4.69) is 5.32 Å². The van der Waals surface area contributed by atoms with Gasteiger partial charge in [0.1, 0.15) is 5.70 Å². The summed E-state index contributed by atoms with van der Waals surface area (Å²) in [5.41, 5.74) is 0.471. The van der Waals surface area contributed by atoms with Crippen molar-refractivity contribution in [1.29, 1.82) is 0 Å². The number of hydrogen-bond donors (Lipinski definition) is 2. The standard InChI is InChI=1S/C17H30N2O3/c1-6-9-10-14(17(21)22)12-15(18-5)16(20)19(11-7-2)13(4)8-3/h10,12-13,18H,6-9,11H2,1-5H3,(H,21,22)/b14-10+,15-12-. The van der Waals surface area contributed by atoms with E-state index >= 15 is 0 Å². The fourth-order valence-electron chi connectivity index (χ4n) is 2.04. The number of unbranched alkanes of at least 4 members (excludes halogenated alkanes) is 1. The Morgan fingerprint density at radius 3 is 2.27 bits per heavy atom. The van der Waals surface area contributed by atoms with Crippen molar-refractivity contribution < 1.29 is 14.7 Å². The SMILES string of the molecule is CCC/C=C(\C=C(/NC)C(=O)N(CCC)C(C)CC)C(=O)O. The molecule has 0 aliphatic rings. The number of nitrogens with zero attached hydrogens (tertiary/aromatic N) is 1. The van der Waals surface area contributed by atoms with Crippen molar-refractivity contribution in [2.24, 2.45) is 0 Å². The number of carboxylic acid groups (broad SMARTS) is 1. The second-order valence-electron chi connectivity index (χ2n) is 5.32. The quantitative estimate of drug-likeness (QED) is 0.481. The molecule has 1 atom stereocenters. The van der Waals surface area contributed by atoms with Crippen LogP contribution in [0.25, 0.3) is 0 Å². The zero-order chi connectivity index (χ0) is 17.1. The molecule has 22 heavy (non-hydrogen) atoms. The summed E-state index contributed by atoms with van der Waals surface area (Å²) in [5.74, 6) is -1.16. The summed E-state index contributed by atoms with van der Waals surface area (Å²) in [6.45, 7) is 8.71. The Hall–Kier alpha value is -1.78. The number of allylic oxidation sites excluding steroid dienone is 1. The topological polar surface area (TPSA) is 69.6 Å². The summed E-state index contributed by atoms with van der Waals surface area (Å²) < 4.78 is 0. The second-order valence-corrected chi connectivity index (χ2v) is 5.32. The first kappa shape index (κ1) is 20.2. The van der Waals surface area contributed by atoms with Crippen molar-refractivity contribution in [1.82, 2.24) is 10.2 Å². The highest BCUT2D eigenvalue weighted by Crippen LogP contribution is 2.12. The van der Waals surface area contributed by atoms with E-state index in [9.17, 15) is 14.7 Å². The van der Waals surface area contributed by atoms with Crippen molar-refractivity contribution in [2.75, 3.05) is 13.6 Å². The van der Waals surface area contributed by atoms with Gasteiger partial charge in [0.05, 0.1) is 5.57 Å². The lowest BCUT2D eigenvalue weighted by Gasteiger charge is -2.29. The van der Waals surface area contributed by atoms with Gasteiger partial charge in [0.15, 0.2) is 0 Å². The number of likely N-dealkylation sites (N-methyl/N-ethyl adjacent to an activating group) is 1. The number of nitrogens with one attached hydrogen (secondary N) is 1. The first-order valence-corrected chi connectivity index (χ1v) is 8.06. The second kappa shape index (κ2) is 10.9. The van der Waals surface area contributed by atoms with Crippen molar-refractivity contribution in [3.8, 4) is 0 Å². The molecule has 0 rings (SSSR count). The smallest absolute Gasteiger partial charge is 0.335 e. The number of rotatable bonds is 10. The molecular formula is C17H30N2O3. The van der Waals surface area contributed by atoms with E-state index in [1.54, 1.807) is 18.0 Å². The first-order valence-electron chi connectivity index (χ1n) is 8.06. The van der Waals surface area contributed by atoms with E-state index in [-0.39, 0.29) is 17.5 Å². The lowest BCUT2D eigenvalue weighted by Crippen LogP contribution is -2.42. The Morgan fingerprint density at radius 2 is 1.86 bits per heavy atom. The number of carbonyl (C=O) groups is 2. The number of amides is 1. The van der Waals surface area contributed by atoms with Gasteiger partial charge >= 0.3 is 5.97 Å². The molecule has 5 heteroatoms. The predicted molar refractivity (Wildman–Crippen MR) is 89.5 cm³/mol. The van der Waals surface area contributed by atoms with Crippen LogP contribution < -0.4 is 5.32 Å². The average molecular weight is 310 g/mol. The van der Waals surface area contributed by atoms with E-state index in [1.807, 2.05) is 27.7 Å². The molecule has 0 saturated heterocycles. The molecule has 0 aromatic heterocycles. The average Bonchev–Trinajstić information content (AvgIpc) is 2.51. The molecule has 0 aromatic rings. The molecule has 0 radical (unpaired) electrons. The molecule has 0 aromatic carbocycles. The minimum Gasteiger partial charge on any atom is -0.478 e. The van der Waals surface area contributed by atoms with Crippen LogP contribution in [0.15, 0.2) is 23.4 Å². The largest absolute Gasteiger partial charge is 0.478 e. The molecule has 5 nitrogen and oxygen atoms in total. The van der Waals surface area contributed by atoms with Gasteiger partial charge in [-0.15, -0.1) is 0 Å². The fourth-order valence-corrected chi connectivity index (χ4v) is 2.04. The van der Waals surface area contributed by atoms with Crippen LogP contribution in [0, 0.1) is 0 Å². The van der Waals surface area contributed by atoms with Crippen molar-refractivity contribution in [3.63, 3.8) is 0 Å². The molecule has 2 N–H and O–H groups in total. The Bertz CT molecular complexity index is 428. The van der Waals surface area contributed by atoms with Crippen molar-refractivity contribution in [3.05, 3.63) is 23.4 Å². The molecule has 0 aliphatic heterocycles. The van der Waals surface area contributed by atoms with Gasteiger partial charge in [0, 0.05) is 19.6 Å². The Labute approximate surface area is 134 Å². The van der Waals surface area contributed by atoms with Crippen molar-refractivity contribution in [2.45, 2.75) is 59.4 Å². The van der Waals surface area contributed by atoms with Crippen LogP contribution in [0.3, 0.4) is 0 Å². The van der Waals surface area contributed by atoms with Gasteiger partial charge in [-0.3, -0.25) is 4.79 Å². The van der Waals surface area contributed by atoms with Crippen molar-refractivity contribution >= 4 is 11.9 Å². The van der Waals surface area contributed by atoms with Crippen LogP contribution in [-0.2, 0) is 9.59 Å². The molecule has 0 heterocycles. The minimum absolute atomic E-state index is 0.122. The van der Waals surface area contributed by atoms with E-state index in [0.717, 1.165) is 19.3 Å². The third-order valence-electron chi connectivity index (χ3n) is 3.55. The third-order valence-corrected chi connectivity index (χ3v) is 3.55. The van der Waals surface area contributed by atoms with Gasteiger partial charge in [-0.1, -0.05) is 33.3 Å². The van der Waals surface area contributed by atoms with Gasteiger partial charge in [-0.2, -0.15) is 0 Å². The van der Waals surface area contributed by atoms with E-state index in [1.165, 1.54) is 6.08 Å². The van der Waals surface area contributed by atoms with E-state index in [4.69, 9.17) is 0 Å². The molecule has 1 amide bonds. The monoisotopic (exact) mass is 310 g/mol. The zero-order valence-corrected chi connectivity index (χ0v) is 14.5. The van der Waals surface area contributed by atoms with Crippen LogP contribution >= 0.6 is 0 Å². The van der Waals surface area contributed by atoms with E-state index in [0.29, 0.717) is 18.7 Å². The maximum atomic E-state index is 12.7. The maximum Gasteiger partial charge on any atom is 0.335 e.